The van der Waals surface area contributed by atoms with Crippen LogP contribution in [-0.4, -0.2) is 18.0 Å². The predicted octanol–water partition coefficient (Wildman–Crippen LogP) is 1.13. The second-order valence-corrected chi connectivity index (χ2v) is 5.02. The first-order chi connectivity index (χ1) is 9.38. The third-order valence-corrected chi connectivity index (χ3v) is 2.67. The summed E-state index contributed by atoms with van der Waals surface area (Å²) in [4.78, 5) is 22.3. The first-order valence-corrected chi connectivity index (χ1v) is 6.48. The summed E-state index contributed by atoms with van der Waals surface area (Å²) in [7, 11) is 0. The van der Waals surface area contributed by atoms with Crippen LogP contribution in [0, 0.1) is 5.92 Å². The number of nitrogens with two attached hydrogens (primary N) is 2. The number of hydrogen-bond acceptors (Lipinski definition) is 4. The molecule has 1 aromatic rings. The zero-order valence-corrected chi connectivity index (χ0v) is 11.8. The molecule has 0 spiro atoms. The van der Waals surface area contributed by atoms with E-state index in [-0.39, 0.29) is 5.91 Å². The Hall–Kier alpha value is -2.08. The molecule has 1 rings (SSSR count). The van der Waals surface area contributed by atoms with Gasteiger partial charge in [-0.15, -0.1) is 0 Å². The second-order valence-electron chi connectivity index (χ2n) is 5.02. The van der Waals surface area contributed by atoms with Crippen molar-refractivity contribution in [3.8, 4) is 5.75 Å². The highest BCUT2D eigenvalue weighted by Gasteiger charge is 2.14. The van der Waals surface area contributed by atoms with E-state index in [0.29, 0.717) is 24.6 Å². The minimum atomic E-state index is -0.856. The fourth-order valence-corrected chi connectivity index (χ4v) is 1.73. The van der Waals surface area contributed by atoms with Crippen LogP contribution in [0.2, 0.25) is 0 Å². The summed E-state index contributed by atoms with van der Waals surface area (Å²) in [5.41, 5.74) is 11.6. The van der Waals surface area contributed by atoms with Gasteiger partial charge in [0.2, 0.25) is 5.91 Å². The second kappa shape index (κ2) is 7.49. The van der Waals surface area contributed by atoms with Crippen molar-refractivity contribution in [2.24, 2.45) is 17.4 Å². The van der Waals surface area contributed by atoms with Gasteiger partial charge in [0.15, 0.2) is 0 Å². The van der Waals surface area contributed by atoms with Gasteiger partial charge in [0.05, 0.1) is 6.04 Å². The molecule has 0 radical (unpaired) electrons. The molecule has 0 aromatic heterocycles. The van der Waals surface area contributed by atoms with Crippen LogP contribution in [-0.2, 0) is 11.3 Å². The molecular formula is C14H21N3O3. The number of carbonyl (C=O) groups is 2. The van der Waals surface area contributed by atoms with Crippen molar-refractivity contribution in [1.82, 2.24) is 5.32 Å². The molecule has 0 aliphatic carbocycles. The molecule has 6 heteroatoms. The fourth-order valence-electron chi connectivity index (χ4n) is 1.73. The van der Waals surface area contributed by atoms with Crippen LogP contribution >= 0.6 is 0 Å². The minimum absolute atomic E-state index is 0.170. The van der Waals surface area contributed by atoms with Gasteiger partial charge >= 0.3 is 6.09 Å². The van der Waals surface area contributed by atoms with Crippen LogP contribution in [0.4, 0.5) is 4.79 Å². The zero-order chi connectivity index (χ0) is 15.1. The summed E-state index contributed by atoms with van der Waals surface area (Å²) in [6.07, 6.45) is -0.206. The first kappa shape index (κ1) is 16.0. The average molecular weight is 279 g/mol. The smallest absolute Gasteiger partial charge is 0.409 e. The quantitative estimate of drug-likeness (QED) is 0.725. The van der Waals surface area contributed by atoms with E-state index in [1.807, 2.05) is 13.8 Å². The molecule has 1 aromatic carbocycles. The fraction of sp³-hybridized carbons (Fsp3) is 0.429. The minimum Gasteiger partial charge on any atom is -0.411 e. The van der Waals surface area contributed by atoms with Crippen LogP contribution in [0.5, 0.6) is 5.75 Å². The zero-order valence-electron chi connectivity index (χ0n) is 11.8. The van der Waals surface area contributed by atoms with Crippen molar-refractivity contribution in [1.29, 1.82) is 0 Å². The third-order valence-electron chi connectivity index (χ3n) is 2.67. The standard InChI is InChI=1S/C14H21N3O3/c1-9(2)7-12(15)13(18)17-8-10-3-5-11(6-4-10)20-14(16)19/h3-6,9,12H,7-8,15H2,1-2H3,(H2,16,19)(H,17,18). The van der Waals surface area contributed by atoms with Crippen molar-refractivity contribution < 1.29 is 14.3 Å². The summed E-state index contributed by atoms with van der Waals surface area (Å²) in [5.74, 6) is 0.571. The Labute approximate surface area is 118 Å². The van der Waals surface area contributed by atoms with E-state index in [2.05, 4.69) is 5.32 Å². The molecule has 1 atom stereocenters. The van der Waals surface area contributed by atoms with Gasteiger partial charge in [-0.05, 0) is 30.0 Å². The Morgan fingerprint density at radius 1 is 1.25 bits per heavy atom. The highest BCUT2D eigenvalue weighted by atomic mass is 16.5. The van der Waals surface area contributed by atoms with E-state index in [1.165, 1.54) is 0 Å². The van der Waals surface area contributed by atoms with Crippen LogP contribution in [0.3, 0.4) is 0 Å². The lowest BCUT2D eigenvalue weighted by atomic mass is 10.0. The average Bonchev–Trinajstić information content (AvgIpc) is 2.36. The number of carbonyl (C=O) groups excluding carboxylic acids is 2. The van der Waals surface area contributed by atoms with Gasteiger partial charge in [0.25, 0.3) is 0 Å². The first-order valence-electron chi connectivity index (χ1n) is 6.48. The Kier molecular flexibility index (Phi) is 5.99. The van der Waals surface area contributed by atoms with Gasteiger partial charge in [-0.1, -0.05) is 26.0 Å². The van der Waals surface area contributed by atoms with E-state index >= 15 is 0 Å². The lowest BCUT2D eigenvalue weighted by Gasteiger charge is -2.14. The molecule has 0 saturated carbocycles. The lowest BCUT2D eigenvalue weighted by molar-refractivity contribution is -0.122. The highest BCUT2D eigenvalue weighted by molar-refractivity contribution is 5.81. The van der Waals surface area contributed by atoms with Gasteiger partial charge in [0, 0.05) is 6.54 Å². The molecule has 2 amide bonds. The van der Waals surface area contributed by atoms with Crippen LogP contribution in [0.1, 0.15) is 25.8 Å². The number of amides is 2. The van der Waals surface area contributed by atoms with E-state index in [1.54, 1.807) is 24.3 Å². The van der Waals surface area contributed by atoms with Crippen molar-refractivity contribution in [2.45, 2.75) is 32.9 Å². The van der Waals surface area contributed by atoms with E-state index in [9.17, 15) is 9.59 Å². The summed E-state index contributed by atoms with van der Waals surface area (Å²) < 4.78 is 4.71. The largest absolute Gasteiger partial charge is 0.411 e. The molecular weight excluding hydrogens is 258 g/mol. The molecule has 0 aliphatic heterocycles. The number of ether oxygens (including phenoxy) is 1. The maximum atomic E-state index is 11.7. The number of hydrogen-bond donors (Lipinski definition) is 3. The monoisotopic (exact) mass is 279 g/mol. The Morgan fingerprint density at radius 3 is 2.35 bits per heavy atom. The van der Waals surface area contributed by atoms with E-state index in [0.717, 1.165) is 5.56 Å². The number of rotatable bonds is 6. The molecule has 20 heavy (non-hydrogen) atoms. The SMILES string of the molecule is CC(C)CC(N)C(=O)NCc1ccc(OC(N)=O)cc1. The number of primary amides is 1. The molecule has 6 nitrogen and oxygen atoms in total. The van der Waals surface area contributed by atoms with Gasteiger partial charge in [-0.25, -0.2) is 4.79 Å². The van der Waals surface area contributed by atoms with Gasteiger partial charge in [0.1, 0.15) is 5.75 Å². The van der Waals surface area contributed by atoms with Gasteiger partial charge in [-0.3, -0.25) is 4.79 Å². The Bertz CT molecular complexity index is 457. The van der Waals surface area contributed by atoms with E-state index < -0.39 is 12.1 Å². The van der Waals surface area contributed by atoms with Crippen molar-refractivity contribution in [3.63, 3.8) is 0 Å². The van der Waals surface area contributed by atoms with Gasteiger partial charge < -0.3 is 21.5 Å². The van der Waals surface area contributed by atoms with E-state index in [4.69, 9.17) is 16.2 Å². The topological polar surface area (TPSA) is 107 Å². The van der Waals surface area contributed by atoms with Crippen LogP contribution in [0.15, 0.2) is 24.3 Å². The molecule has 110 valence electrons. The summed E-state index contributed by atoms with van der Waals surface area (Å²) in [6.45, 7) is 4.41. The molecule has 0 fully saturated rings. The molecule has 0 aliphatic rings. The maximum absolute atomic E-state index is 11.7. The normalized spacial score (nSPS) is 12.0. The summed E-state index contributed by atoms with van der Waals surface area (Å²) in [5, 5.41) is 2.77. The number of benzene rings is 1. The van der Waals surface area contributed by atoms with Crippen molar-refractivity contribution in [3.05, 3.63) is 29.8 Å². The summed E-state index contributed by atoms with van der Waals surface area (Å²) >= 11 is 0. The number of nitrogens with one attached hydrogen (secondary N) is 1. The van der Waals surface area contributed by atoms with Crippen molar-refractivity contribution in [2.75, 3.05) is 0 Å². The molecule has 0 bridgehead atoms. The highest BCUT2D eigenvalue weighted by Crippen LogP contribution is 2.12. The maximum Gasteiger partial charge on any atom is 0.409 e. The van der Waals surface area contributed by atoms with Gasteiger partial charge in [-0.2, -0.15) is 0 Å². The van der Waals surface area contributed by atoms with Crippen LogP contribution in [0.25, 0.3) is 0 Å². The predicted molar refractivity (Wildman–Crippen MR) is 75.9 cm³/mol. The third kappa shape index (κ3) is 5.71. The molecule has 0 saturated heterocycles. The lowest BCUT2D eigenvalue weighted by Crippen LogP contribution is -2.41. The Balaban J connectivity index is 2.45. The van der Waals surface area contributed by atoms with Crippen molar-refractivity contribution >= 4 is 12.0 Å². The molecule has 1 unspecified atom stereocenters. The Morgan fingerprint density at radius 2 is 1.85 bits per heavy atom. The molecule has 5 N–H and O–H groups in total. The summed E-state index contributed by atoms with van der Waals surface area (Å²) in [6, 6.07) is 6.21. The van der Waals surface area contributed by atoms with Crippen LogP contribution < -0.4 is 21.5 Å². The molecule has 0 heterocycles.